The molecule has 0 unspecified atom stereocenters. The number of halogens is 1. The third-order valence-corrected chi connectivity index (χ3v) is 5.09. The SMILES string of the molecule is NC(=O)c1ccc(C(=O)NCC2(c3ccccc3Cl)CCOCC2)nc1. The van der Waals surface area contributed by atoms with E-state index in [9.17, 15) is 9.59 Å². The number of amides is 2. The lowest BCUT2D eigenvalue weighted by Crippen LogP contribution is -2.45. The quantitative estimate of drug-likeness (QED) is 0.840. The number of pyridine rings is 1. The van der Waals surface area contributed by atoms with Crippen molar-refractivity contribution in [2.24, 2.45) is 5.73 Å². The number of hydrogen-bond acceptors (Lipinski definition) is 4. The van der Waals surface area contributed by atoms with Crippen molar-refractivity contribution in [1.82, 2.24) is 10.3 Å². The van der Waals surface area contributed by atoms with Crippen LogP contribution in [0.15, 0.2) is 42.6 Å². The maximum Gasteiger partial charge on any atom is 0.269 e. The first-order chi connectivity index (χ1) is 12.5. The Labute approximate surface area is 156 Å². The molecule has 2 aromatic rings. The first kappa shape index (κ1) is 18.4. The van der Waals surface area contributed by atoms with Gasteiger partial charge in [0.1, 0.15) is 5.69 Å². The van der Waals surface area contributed by atoms with Gasteiger partial charge < -0.3 is 15.8 Å². The Kier molecular flexibility index (Phi) is 5.54. The van der Waals surface area contributed by atoms with Crippen LogP contribution in [0.3, 0.4) is 0 Å². The summed E-state index contributed by atoms with van der Waals surface area (Å²) < 4.78 is 5.50. The van der Waals surface area contributed by atoms with Crippen molar-refractivity contribution < 1.29 is 14.3 Å². The molecule has 1 aromatic carbocycles. The van der Waals surface area contributed by atoms with E-state index in [1.165, 1.54) is 18.3 Å². The van der Waals surface area contributed by atoms with Crippen LogP contribution in [0.2, 0.25) is 5.02 Å². The minimum absolute atomic E-state index is 0.233. The van der Waals surface area contributed by atoms with Crippen LogP contribution in [0.5, 0.6) is 0 Å². The molecule has 136 valence electrons. The summed E-state index contributed by atoms with van der Waals surface area (Å²) in [7, 11) is 0. The lowest BCUT2D eigenvalue weighted by molar-refractivity contribution is 0.0487. The van der Waals surface area contributed by atoms with Crippen molar-refractivity contribution in [2.45, 2.75) is 18.3 Å². The van der Waals surface area contributed by atoms with Crippen molar-refractivity contribution in [3.63, 3.8) is 0 Å². The summed E-state index contributed by atoms with van der Waals surface area (Å²) in [5.74, 6) is -0.886. The van der Waals surface area contributed by atoms with E-state index < -0.39 is 5.91 Å². The Hall–Kier alpha value is -2.44. The van der Waals surface area contributed by atoms with E-state index in [2.05, 4.69) is 10.3 Å². The van der Waals surface area contributed by atoms with Crippen LogP contribution in [0.1, 0.15) is 39.3 Å². The van der Waals surface area contributed by atoms with Gasteiger partial charge in [-0.05, 0) is 36.6 Å². The largest absolute Gasteiger partial charge is 0.381 e. The van der Waals surface area contributed by atoms with Crippen LogP contribution in [0, 0.1) is 0 Å². The fraction of sp³-hybridized carbons (Fsp3) is 0.316. The van der Waals surface area contributed by atoms with E-state index in [0.717, 1.165) is 18.4 Å². The number of hydrogen-bond donors (Lipinski definition) is 2. The zero-order valence-electron chi connectivity index (χ0n) is 14.2. The van der Waals surface area contributed by atoms with Crippen molar-refractivity contribution in [3.8, 4) is 0 Å². The third-order valence-electron chi connectivity index (χ3n) is 4.76. The molecule has 1 aromatic heterocycles. The van der Waals surface area contributed by atoms with Gasteiger partial charge in [-0.25, -0.2) is 0 Å². The van der Waals surface area contributed by atoms with Crippen molar-refractivity contribution in [1.29, 1.82) is 0 Å². The summed E-state index contributed by atoms with van der Waals surface area (Å²) in [6, 6.07) is 10.7. The van der Waals surface area contributed by atoms with Gasteiger partial charge in [0.15, 0.2) is 0 Å². The highest BCUT2D eigenvalue weighted by Crippen LogP contribution is 2.38. The minimum atomic E-state index is -0.579. The van der Waals surface area contributed by atoms with Gasteiger partial charge in [-0.2, -0.15) is 0 Å². The second kappa shape index (κ2) is 7.85. The lowest BCUT2D eigenvalue weighted by Gasteiger charge is -2.38. The maximum atomic E-state index is 12.5. The average molecular weight is 374 g/mol. The summed E-state index contributed by atoms with van der Waals surface area (Å²) in [5.41, 5.74) is 6.42. The number of nitrogens with one attached hydrogen (secondary N) is 1. The molecule has 7 heteroatoms. The fourth-order valence-electron chi connectivity index (χ4n) is 3.21. The predicted molar refractivity (Wildman–Crippen MR) is 98.3 cm³/mol. The molecule has 0 saturated carbocycles. The van der Waals surface area contributed by atoms with Gasteiger partial charge in [0.2, 0.25) is 5.91 Å². The summed E-state index contributed by atoms with van der Waals surface area (Å²) in [4.78, 5) is 27.6. The van der Waals surface area contributed by atoms with E-state index in [4.69, 9.17) is 22.1 Å². The number of ether oxygens (including phenoxy) is 1. The molecule has 6 nitrogen and oxygen atoms in total. The standard InChI is InChI=1S/C19H20ClN3O3/c20-15-4-2-1-3-14(15)19(7-9-26-10-8-19)12-23-18(25)16-6-5-13(11-22-16)17(21)24/h1-6,11H,7-10,12H2,(H2,21,24)(H,23,25). The molecule has 1 saturated heterocycles. The highest BCUT2D eigenvalue weighted by atomic mass is 35.5. The predicted octanol–water partition coefficient (Wildman–Crippen LogP) is 2.31. The van der Waals surface area contributed by atoms with E-state index in [0.29, 0.717) is 24.8 Å². The van der Waals surface area contributed by atoms with E-state index in [1.807, 2.05) is 24.3 Å². The monoisotopic (exact) mass is 373 g/mol. The van der Waals surface area contributed by atoms with Gasteiger partial charge in [0, 0.05) is 36.4 Å². The zero-order valence-corrected chi connectivity index (χ0v) is 15.0. The first-order valence-electron chi connectivity index (χ1n) is 8.39. The van der Waals surface area contributed by atoms with Crippen LogP contribution in [0.4, 0.5) is 0 Å². The van der Waals surface area contributed by atoms with Crippen LogP contribution >= 0.6 is 11.6 Å². The van der Waals surface area contributed by atoms with Gasteiger partial charge in [0.25, 0.3) is 5.91 Å². The molecule has 2 amide bonds. The molecule has 0 spiro atoms. The molecular formula is C19H20ClN3O3. The molecule has 0 aliphatic carbocycles. The Balaban J connectivity index is 1.77. The molecule has 1 aliphatic heterocycles. The summed E-state index contributed by atoms with van der Waals surface area (Å²) in [6.07, 6.45) is 2.84. The van der Waals surface area contributed by atoms with Crippen LogP contribution in [0.25, 0.3) is 0 Å². The summed E-state index contributed by atoms with van der Waals surface area (Å²) in [5, 5.41) is 3.64. The van der Waals surface area contributed by atoms with Crippen molar-refractivity contribution in [3.05, 3.63) is 64.4 Å². The number of rotatable bonds is 5. The first-order valence-corrected chi connectivity index (χ1v) is 8.76. The van der Waals surface area contributed by atoms with Crippen LogP contribution < -0.4 is 11.1 Å². The highest BCUT2D eigenvalue weighted by molar-refractivity contribution is 6.31. The Bertz CT molecular complexity index is 802. The number of carbonyl (C=O) groups is 2. The van der Waals surface area contributed by atoms with Crippen molar-refractivity contribution in [2.75, 3.05) is 19.8 Å². The van der Waals surface area contributed by atoms with Crippen LogP contribution in [-0.2, 0) is 10.2 Å². The zero-order chi connectivity index (χ0) is 18.6. The number of carbonyl (C=O) groups excluding carboxylic acids is 2. The molecular weight excluding hydrogens is 354 g/mol. The second-order valence-electron chi connectivity index (χ2n) is 6.35. The summed E-state index contributed by atoms with van der Waals surface area (Å²) in [6.45, 7) is 1.66. The molecule has 3 N–H and O–H groups in total. The van der Waals surface area contributed by atoms with Gasteiger partial charge >= 0.3 is 0 Å². The molecule has 3 rings (SSSR count). The fourth-order valence-corrected chi connectivity index (χ4v) is 3.54. The topological polar surface area (TPSA) is 94.3 Å². The number of benzene rings is 1. The van der Waals surface area contributed by atoms with E-state index in [1.54, 1.807) is 0 Å². The number of nitrogens with two attached hydrogens (primary N) is 1. The third kappa shape index (κ3) is 3.86. The maximum absolute atomic E-state index is 12.5. The Morgan fingerprint density at radius 1 is 1.19 bits per heavy atom. The molecule has 0 bridgehead atoms. The molecule has 2 heterocycles. The molecule has 26 heavy (non-hydrogen) atoms. The average Bonchev–Trinajstić information content (AvgIpc) is 2.67. The Morgan fingerprint density at radius 3 is 2.54 bits per heavy atom. The number of aromatic nitrogens is 1. The second-order valence-corrected chi connectivity index (χ2v) is 6.76. The normalized spacial score (nSPS) is 16.0. The van der Waals surface area contributed by atoms with Gasteiger partial charge in [-0.15, -0.1) is 0 Å². The summed E-state index contributed by atoms with van der Waals surface area (Å²) >= 11 is 6.42. The van der Waals surface area contributed by atoms with Gasteiger partial charge in [-0.3, -0.25) is 14.6 Å². The van der Waals surface area contributed by atoms with Crippen LogP contribution in [-0.4, -0.2) is 36.6 Å². The number of nitrogens with zero attached hydrogens (tertiary/aromatic N) is 1. The van der Waals surface area contributed by atoms with Gasteiger partial charge in [0.05, 0.1) is 5.56 Å². The molecule has 0 radical (unpaired) electrons. The minimum Gasteiger partial charge on any atom is -0.381 e. The van der Waals surface area contributed by atoms with Gasteiger partial charge in [-0.1, -0.05) is 29.8 Å². The molecule has 1 aliphatic rings. The smallest absolute Gasteiger partial charge is 0.269 e. The lowest BCUT2D eigenvalue weighted by atomic mass is 9.74. The van der Waals surface area contributed by atoms with Crippen molar-refractivity contribution >= 4 is 23.4 Å². The molecule has 0 atom stereocenters. The molecule has 1 fully saturated rings. The van der Waals surface area contributed by atoms with E-state index in [-0.39, 0.29) is 22.6 Å². The number of primary amides is 1. The van der Waals surface area contributed by atoms with E-state index >= 15 is 0 Å². The Morgan fingerprint density at radius 2 is 1.92 bits per heavy atom. The highest BCUT2D eigenvalue weighted by Gasteiger charge is 2.36.